The lowest BCUT2D eigenvalue weighted by Gasteiger charge is -2.18. The molecule has 3 aromatic heterocycles. The SMILES string of the molecule is CC1CCCc2sc3nc(NCc4ccccc4)n4ncnc4c3c21. The quantitative estimate of drug-likeness (QED) is 0.596. The van der Waals surface area contributed by atoms with Gasteiger partial charge in [0.25, 0.3) is 0 Å². The van der Waals surface area contributed by atoms with Crippen LogP contribution >= 0.6 is 11.3 Å². The first-order valence-electron chi connectivity index (χ1n) is 8.74. The average molecular weight is 349 g/mol. The Balaban J connectivity index is 1.63. The molecule has 0 aliphatic heterocycles. The second kappa shape index (κ2) is 5.81. The van der Waals surface area contributed by atoms with E-state index in [1.165, 1.54) is 34.2 Å². The van der Waals surface area contributed by atoms with Gasteiger partial charge in [0, 0.05) is 11.4 Å². The smallest absolute Gasteiger partial charge is 0.227 e. The molecule has 0 bridgehead atoms. The standard InChI is InChI=1S/C19H19N5S/c1-12-6-5-9-14-15(12)16-17-21-11-22-24(17)19(23-18(16)25-14)20-10-13-7-3-2-4-8-13/h2-4,7-8,11-12H,5-6,9-10H2,1H3,(H,20,23). The van der Waals surface area contributed by atoms with Crippen LogP contribution < -0.4 is 5.32 Å². The number of anilines is 1. The molecular weight excluding hydrogens is 330 g/mol. The molecule has 3 heterocycles. The topological polar surface area (TPSA) is 55.1 Å². The summed E-state index contributed by atoms with van der Waals surface area (Å²) in [4.78, 5) is 12.0. The highest BCUT2D eigenvalue weighted by Crippen LogP contribution is 2.43. The molecule has 4 aromatic rings. The fraction of sp³-hybridized carbons (Fsp3) is 0.316. The maximum Gasteiger partial charge on any atom is 0.227 e. The molecule has 25 heavy (non-hydrogen) atoms. The van der Waals surface area contributed by atoms with E-state index in [1.54, 1.807) is 6.33 Å². The van der Waals surface area contributed by atoms with E-state index in [1.807, 2.05) is 34.1 Å². The number of thiophene rings is 1. The van der Waals surface area contributed by atoms with E-state index in [2.05, 4.69) is 34.5 Å². The summed E-state index contributed by atoms with van der Waals surface area (Å²) in [7, 11) is 0. The minimum atomic E-state index is 0.572. The van der Waals surface area contributed by atoms with Crippen LogP contribution in [0.15, 0.2) is 36.7 Å². The molecule has 0 saturated heterocycles. The molecule has 0 fully saturated rings. The van der Waals surface area contributed by atoms with Gasteiger partial charge in [-0.1, -0.05) is 37.3 Å². The molecule has 5 rings (SSSR count). The van der Waals surface area contributed by atoms with Gasteiger partial charge < -0.3 is 5.32 Å². The van der Waals surface area contributed by atoms with E-state index < -0.39 is 0 Å². The van der Waals surface area contributed by atoms with Crippen molar-refractivity contribution in [2.24, 2.45) is 0 Å². The summed E-state index contributed by atoms with van der Waals surface area (Å²) < 4.78 is 1.85. The molecule has 1 atom stereocenters. The van der Waals surface area contributed by atoms with Crippen molar-refractivity contribution in [1.29, 1.82) is 0 Å². The highest BCUT2D eigenvalue weighted by Gasteiger charge is 2.25. The molecule has 1 aromatic carbocycles. The second-order valence-corrected chi connectivity index (χ2v) is 7.77. The van der Waals surface area contributed by atoms with Gasteiger partial charge in [-0.2, -0.15) is 9.61 Å². The maximum atomic E-state index is 4.90. The highest BCUT2D eigenvalue weighted by atomic mass is 32.1. The Labute approximate surface area is 149 Å². The van der Waals surface area contributed by atoms with E-state index in [4.69, 9.17) is 4.98 Å². The zero-order chi connectivity index (χ0) is 16.8. The van der Waals surface area contributed by atoms with Gasteiger partial charge in [0.15, 0.2) is 5.65 Å². The minimum Gasteiger partial charge on any atom is -0.350 e. The van der Waals surface area contributed by atoms with Crippen molar-refractivity contribution in [1.82, 2.24) is 19.6 Å². The molecular formula is C19H19N5S. The summed E-state index contributed by atoms with van der Waals surface area (Å²) in [6, 6.07) is 10.3. The number of hydrogen-bond donors (Lipinski definition) is 1. The Hall–Kier alpha value is -2.47. The second-order valence-electron chi connectivity index (χ2n) is 6.68. The summed E-state index contributed by atoms with van der Waals surface area (Å²) in [5, 5.41) is 9.05. The Kier molecular flexibility index (Phi) is 3.45. The van der Waals surface area contributed by atoms with Crippen LogP contribution in [0.4, 0.5) is 5.95 Å². The lowest BCUT2D eigenvalue weighted by atomic mass is 9.87. The van der Waals surface area contributed by atoms with Gasteiger partial charge in [-0.05, 0) is 36.3 Å². The Morgan fingerprint density at radius 3 is 3.04 bits per heavy atom. The van der Waals surface area contributed by atoms with Crippen LogP contribution in [0.3, 0.4) is 0 Å². The lowest BCUT2D eigenvalue weighted by molar-refractivity contribution is 0.602. The van der Waals surface area contributed by atoms with Crippen molar-refractivity contribution in [3.63, 3.8) is 0 Å². The van der Waals surface area contributed by atoms with Crippen LogP contribution in [0.2, 0.25) is 0 Å². The summed E-state index contributed by atoms with van der Waals surface area (Å²) >= 11 is 1.83. The maximum absolute atomic E-state index is 4.90. The first-order valence-corrected chi connectivity index (χ1v) is 9.55. The molecule has 0 amide bonds. The van der Waals surface area contributed by atoms with Crippen molar-refractivity contribution >= 4 is 33.1 Å². The summed E-state index contributed by atoms with van der Waals surface area (Å²) in [6.45, 7) is 3.04. The third-order valence-corrected chi connectivity index (χ3v) is 6.17. The van der Waals surface area contributed by atoms with Crippen LogP contribution in [0, 0.1) is 0 Å². The average Bonchev–Trinajstić information content (AvgIpc) is 3.25. The number of hydrogen-bond acceptors (Lipinski definition) is 5. The van der Waals surface area contributed by atoms with Gasteiger partial charge in [-0.25, -0.2) is 9.97 Å². The van der Waals surface area contributed by atoms with Gasteiger partial charge in [0.05, 0.1) is 5.39 Å². The van der Waals surface area contributed by atoms with Crippen molar-refractivity contribution in [2.75, 3.05) is 5.32 Å². The van der Waals surface area contributed by atoms with Crippen molar-refractivity contribution in [3.05, 3.63) is 52.7 Å². The highest BCUT2D eigenvalue weighted by molar-refractivity contribution is 7.19. The van der Waals surface area contributed by atoms with Crippen LogP contribution in [-0.2, 0) is 13.0 Å². The summed E-state index contributed by atoms with van der Waals surface area (Å²) in [5.41, 5.74) is 3.59. The fourth-order valence-electron chi connectivity index (χ4n) is 3.79. The van der Waals surface area contributed by atoms with E-state index in [0.29, 0.717) is 5.92 Å². The summed E-state index contributed by atoms with van der Waals surface area (Å²) in [5.74, 6) is 1.33. The molecule has 1 aliphatic rings. The number of nitrogens with one attached hydrogen (secondary N) is 1. The Bertz CT molecular complexity index is 1050. The van der Waals surface area contributed by atoms with E-state index >= 15 is 0 Å². The largest absolute Gasteiger partial charge is 0.350 e. The zero-order valence-electron chi connectivity index (χ0n) is 14.1. The third kappa shape index (κ3) is 2.40. The normalized spacial score (nSPS) is 17.1. The molecule has 1 aliphatic carbocycles. The molecule has 0 saturated carbocycles. The zero-order valence-corrected chi connectivity index (χ0v) is 14.9. The number of nitrogens with zero attached hydrogens (tertiary/aromatic N) is 4. The first kappa shape index (κ1) is 14.8. The van der Waals surface area contributed by atoms with Crippen LogP contribution in [0.25, 0.3) is 15.9 Å². The van der Waals surface area contributed by atoms with E-state index in [-0.39, 0.29) is 0 Å². The number of aryl methyl sites for hydroxylation is 1. The van der Waals surface area contributed by atoms with Crippen molar-refractivity contribution < 1.29 is 0 Å². The molecule has 0 radical (unpaired) electrons. The van der Waals surface area contributed by atoms with Gasteiger partial charge in [0.1, 0.15) is 11.2 Å². The number of aromatic nitrogens is 4. The number of benzene rings is 1. The van der Waals surface area contributed by atoms with Crippen molar-refractivity contribution in [2.45, 2.75) is 38.6 Å². The molecule has 126 valence electrons. The molecule has 1 N–H and O–H groups in total. The van der Waals surface area contributed by atoms with E-state index in [9.17, 15) is 0 Å². The molecule has 1 unspecified atom stereocenters. The fourth-order valence-corrected chi connectivity index (χ4v) is 5.12. The predicted molar refractivity (Wildman–Crippen MR) is 101 cm³/mol. The lowest BCUT2D eigenvalue weighted by Crippen LogP contribution is -2.08. The van der Waals surface area contributed by atoms with Gasteiger partial charge in [-0.15, -0.1) is 11.3 Å². The molecule has 5 nitrogen and oxygen atoms in total. The predicted octanol–water partition coefficient (Wildman–Crippen LogP) is 4.39. The van der Waals surface area contributed by atoms with Gasteiger partial charge in [-0.3, -0.25) is 0 Å². The van der Waals surface area contributed by atoms with Crippen LogP contribution in [-0.4, -0.2) is 19.6 Å². The third-order valence-electron chi connectivity index (χ3n) is 5.01. The first-order chi connectivity index (χ1) is 12.3. The monoisotopic (exact) mass is 349 g/mol. The molecule has 0 spiro atoms. The summed E-state index contributed by atoms with van der Waals surface area (Å²) in [6.07, 6.45) is 5.30. The van der Waals surface area contributed by atoms with E-state index in [0.717, 1.165) is 29.4 Å². The molecule has 6 heteroatoms. The van der Waals surface area contributed by atoms with Gasteiger partial charge in [0.2, 0.25) is 5.95 Å². The Morgan fingerprint density at radius 1 is 1.28 bits per heavy atom. The Morgan fingerprint density at radius 2 is 2.16 bits per heavy atom. The minimum absolute atomic E-state index is 0.572. The van der Waals surface area contributed by atoms with Crippen molar-refractivity contribution in [3.8, 4) is 0 Å². The van der Waals surface area contributed by atoms with Crippen LogP contribution in [0.1, 0.15) is 41.7 Å². The number of fused-ring (bicyclic) bond motifs is 5. The van der Waals surface area contributed by atoms with Crippen LogP contribution in [0.5, 0.6) is 0 Å². The van der Waals surface area contributed by atoms with Gasteiger partial charge >= 0.3 is 0 Å². The number of rotatable bonds is 3.